The van der Waals surface area contributed by atoms with Gasteiger partial charge in [-0.3, -0.25) is 4.79 Å². The summed E-state index contributed by atoms with van der Waals surface area (Å²) in [6.07, 6.45) is -3.92. The number of amides is 1. The zero-order chi connectivity index (χ0) is 22.6. The van der Waals surface area contributed by atoms with Crippen molar-refractivity contribution in [3.8, 4) is 0 Å². The van der Waals surface area contributed by atoms with Crippen LogP contribution in [0.15, 0.2) is 53.7 Å². The summed E-state index contributed by atoms with van der Waals surface area (Å²) < 4.78 is 38.5. The molecule has 3 rings (SSSR count). The first kappa shape index (κ1) is 23.1. The van der Waals surface area contributed by atoms with E-state index in [2.05, 4.69) is 5.16 Å². The highest BCUT2D eigenvalue weighted by Crippen LogP contribution is 2.29. The van der Waals surface area contributed by atoms with Gasteiger partial charge in [0.2, 0.25) is 5.91 Å². The summed E-state index contributed by atoms with van der Waals surface area (Å²) in [7, 11) is 0. The lowest BCUT2D eigenvalue weighted by Crippen LogP contribution is -2.37. The number of oxime groups is 1. The molecule has 2 aromatic rings. The number of halogens is 4. The third kappa shape index (κ3) is 6.23. The standard InChI is InChI=1S/C23H24ClF3N2O2/c1-15(2)11-22(30)29(13-16-7-9-17(10-8-16)23(25,26)27)14-18-12-21(28-31-18)19-5-3-4-6-20(19)24/h3-10,15,18H,11-14H2,1-2H3/t18-/m1/s1. The number of alkyl halides is 3. The normalized spacial score (nSPS) is 16.2. The van der Waals surface area contributed by atoms with Gasteiger partial charge in [0.05, 0.1) is 17.8 Å². The van der Waals surface area contributed by atoms with Crippen molar-refractivity contribution in [1.82, 2.24) is 4.90 Å². The molecule has 2 aromatic carbocycles. The number of nitrogens with zero attached hydrogens (tertiary/aromatic N) is 2. The molecule has 1 amide bonds. The van der Waals surface area contributed by atoms with Crippen LogP contribution in [0.4, 0.5) is 13.2 Å². The topological polar surface area (TPSA) is 41.9 Å². The van der Waals surface area contributed by atoms with Gasteiger partial charge < -0.3 is 9.74 Å². The molecule has 0 N–H and O–H groups in total. The minimum absolute atomic E-state index is 0.0790. The SMILES string of the molecule is CC(C)CC(=O)N(Cc1ccc(C(F)(F)F)cc1)C[C@H]1CC(c2ccccc2Cl)=NO1. The van der Waals surface area contributed by atoms with Gasteiger partial charge in [0.1, 0.15) is 0 Å². The second kappa shape index (κ2) is 9.73. The van der Waals surface area contributed by atoms with Gasteiger partial charge in [0.25, 0.3) is 0 Å². The van der Waals surface area contributed by atoms with Gasteiger partial charge >= 0.3 is 6.18 Å². The molecular weight excluding hydrogens is 429 g/mol. The minimum atomic E-state index is -4.39. The van der Waals surface area contributed by atoms with Crippen LogP contribution in [0.5, 0.6) is 0 Å². The summed E-state index contributed by atoms with van der Waals surface area (Å²) in [4.78, 5) is 20.0. The number of carbonyl (C=O) groups is 1. The van der Waals surface area contributed by atoms with Crippen molar-refractivity contribution in [1.29, 1.82) is 0 Å². The summed E-state index contributed by atoms with van der Waals surface area (Å²) in [6.45, 7) is 4.37. The fourth-order valence-corrected chi connectivity index (χ4v) is 3.62. The molecule has 0 fully saturated rings. The summed E-state index contributed by atoms with van der Waals surface area (Å²) in [6, 6.07) is 12.2. The molecular formula is C23H24ClF3N2O2. The fourth-order valence-electron chi connectivity index (χ4n) is 3.38. The second-order valence-corrected chi connectivity index (χ2v) is 8.42. The average molecular weight is 453 g/mol. The molecule has 0 spiro atoms. The average Bonchev–Trinajstić information content (AvgIpc) is 3.15. The van der Waals surface area contributed by atoms with Gasteiger partial charge in [-0.1, -0.05) is 60.9 Å². The summed E-state index contributed by atoms with van der Waals surface area (Å²) >= 11 is 6.24. The lowest BCUT2D eigenvalue weighted by Gasteiger charge is -2.26. The molecule has 0 bridgehead atoms. The molecule has 0 aromatic heterocycles. The van der Waals surface area contributed by atoms with Crippen LogP contribution >= 0.6 is 11.6 Å². The molecule has 0 aliphatic carbocycles. The summed E-state index contributed by atoms with van der Waals surface area (Å²) in [5.41, 5.74) is 1.40. The van der Waals surface area contributed by atoms with Crippen LogP contribution in [0.25, 0.3) is 0 Å². The Hall–Kier alpha value is -2.54. The predicted octanol–water partition coefficient (Wildman–Crippen LogP) is 5.93. The largest absolute Gasteiger partial charge is 0.416 e. The van der Waals surface area contributed by atoms with E-state index in [1.54, 1.807) is 11.0 Å². The van der Waals surface area contributed by atoms with Crippen molar-refractivity contribution in [2.75, 3.05) is 6.54 Å². The first-order chi connectivity index (χ1) is 14.6. The van der Waals surface area contributed by atoms with Crippen molar-refractivity contribution >= 4 is 23.2 Å². The maximum absolute atomic E-state index is 12.8. The summed E-state index contributed by atoms with van der Waals surface area (Å²) in [5.74, 6) is 0.0757. The second-order valence-electron chi connectivity index (χ2n) is 8.02. The highest BCUT2D eigenvalue weighted by molar-refractivity contribution is 6.34. The van der Waals surface area contributed by atoms with Crippen LogP contribution in [0.1, 0.15) is 43.4 Å². The number of hydrogen-bond donors (Lipinski definition) is 0. The minimum Gasteiger partial charge on any atom is -0.390 e. The lowest BCUT2D eigenvalue weighted by molar-refractivity contribution is -0.138. The predicted molar refractivity (Wildman–Crippen MR) is 114 cm³/mol. The van der Waals surface area contributed by atoms with Crippen molar-refractivity contribution in [3.63, 3.8) is 0 Å². The Kier molecular flexibility index (Phi) is 7.26. The van der Waals surface area contributed by atoms with E-state index in [0.717, 1.165) is 17.7 Å². The zero-order valence-electron chi connectivity index (χ0n) is 17.3. The van der Waals surface area contributed by atoms with E-state index in [0.29, 0.717) is 29.1 Å². The number of benzene rings is 2. The molecule has 166 valence electrons. The monoisotopic (exact) mass is 452 g/mol. The Labute approximate surface area is 184 Å². The van der Waals surface area contributed by atoms with Crippen LogP contribution in [-0.2, 0) is 22.4 Å². The highest BCUT2D eigenvalue weighted by Gasteiger charge is 2.31. The molecule has 0 saturated heterocycles. The smallest absolute Gasteiger partial charge is 0.390 e. The third-order valence-corrected chi connectivity index (χ3v) is 5.26. The zero-order valence-corrected chi connectivity index (χ0v) is 18.1. The van der Waals surface area contributed by atoms with Crippen LogP contribution in [0, 0.1) is 5.92 Å². The van der Waals surface area contributed by atoms with E-state index < -0.39 is 11.7 Å². The molecule has 1 atom stereocenters. The van der Waals surface area contributed by atoms with E-state index in [9.17, 15) is 18.0 Å². The first-order valence-corrected chi connectivity index (χ1v) is 10.4. The van der Waals surface area contributed by atoms with Crippen LogP contribution in [-0.4, -0.2) is 29.2 Å². The maximum atomic E-state index is 12.8. The van der Waals surface area contributed by atoms with E-state index in [1.165, 1.54) is 12.1 Å². The molecule has 0 saturated carbocycles. The number of rotatable bonds is 7. The van der Waals surface area contributed by atoms with E-state index in [4.69, 9.17) is 16.4 Å². The molecule has 0 unspecified atom stereocenters. The molecule has 8 heteroatoms. The quantitative estimate of drug-likeness (QED) is 0.522. The number of hydrogen-bond acceptors (Lipinski definition) is 3. The first-order valence-electron chi connectivity index (χ1n) is 10.0. The Morgan fingerprint density at radius 2 is 1.87 bits per heavy atom. The molecule has 1 heterocycles. The van der Waals surface area contributed by atoms with Crippen molar-refractivity contribution in [2.45, 2.75) is 45.5 Å². The Bertz CT molecular complexity index is 943. The van der Waals surface area contributed by atoms with Crippen LogP contribution < -0.4 is 0 Å². The summed E-state index contributed by atoms with van der Waals surface area (Å²) in [5, 5.41) is 4.71. The van der Waals surface area contributed by atoms with E-state index >= 15 is 0 Å². The molecule has 1 aliphatic heterocycles. The lowest BCUT2D eigenvalue weighted by atomic mass is 10.0. The van der Waals surface area contributed by atoms with Gasteiger partial charge in [-0.15, -0.1) is 0 Å². The van der Waals surface area contributed by atoms with E-state index in [-0.39, 0.29) is 31.0 Å². The van der Waals surface area contributed by atoms with Crippen molar-refractivity contribution in [2.24, 2.45) is 11.1 Å². The Morgan fingerprint density at radius 3 is 2.48 bits per heavy atom. The Balaban J connectivity index is 1.70. The van der Waals surface area contributed by atoms with Gasteiger partial charge in [-0.05, 0) is 29.7 Å². The van der Waals surface area contributed by atoms with Crippen molar-refractivity contribution in [3.05, 3.63) is 70.2 Å². The fraction of sp³-hybridized carbons (Fsp3) is 0.391. The van der Waals surface area contributed by atoms with E-state index in [1.807, 2.05) is 32.0 Å². The maximum Gasteiger partial charge on any atom is 0.416 e. The van der Waals surface area contributed by atoms with Gasteiger partial charge in [-0.2, -0.15) is 13.2 Å². The van der Waals surface area contributed by atoms with Crippen LogP contribution in [0.2, 0.25) is 5.02 Å². The molecule has 0 radical (unpaired) electrons. The van der Waals surface area contributed by atoms with Crippen molar-refractivity contribution < 1.29 is 22.8 Å². The van der Waals surface area contributed by atoms with Gasteiger partial charge in [0, 0.05) is 30.0 Å². The number of carbonyl (C=O) groups excluding carboxylic acids is 1. The Morgan fingerprint density at radius 1 is 1.19 bits per heavy atom. The van der Waals surface area contributed by atoms with Gasteiger partial charge in [0.15, 0.2) is 6.10 Å². The molecule has 4 nitrogen and oxygen atoms in total. The third-order valence-electron chi connectivity index (χ3n) is 4.93. The highest BCUT2D eigenvalue weighted by atomic mass is 35.5. The molecule has 1 aliphatic rings. The van der Waals surface area contributed by atoms with Gasteiger partial charge in [-0.25, -0.2) is 0 Å². The molecule has 31 heavy (non-hydrogen) atoms. The van der Waals surface area contributed by atoms with Crippen LogP contribution in [0.3, 0.4) is 0 Å².